The van der Waals surface area contributed by atoms with Gasteiger partial charge in [0.25, 0.3) is 0 Å². The topological polar surface area (TPSA) is 160 Å². The van der Waals surface area contributed by atoms with Gasteiger partial charge in [-0.15, -0.1) is 0 Å². The largest absolute Gasteiger partial charge is 0.508 e. The van der Waals surface area contributed by atoms with Crippen LogP contribution in [0.1, 0.15) is 19.4 Å². The predicted molar refractivity (Wildman–Crippen MR) is 100 cm³/mol. The minimum atomic E-state index is -0.906. The van der Waals surface area contributed by atoms with Crippen LogP contribution in [0.25, 0.3) is 0 Å². The summed E-state index contributed by atoms with van der Waals surface area (Å²) in [5.74, 6) is -2.13. The summed E-state index contributed by atoms with van der Waals surface area (Å²) < 4.78 is 4.66. The number of carbonyl (C=O) groups is 4. The molecule has 10 heteroatoms. The third-order valence-electron chi connectivity index (χ3n) is 3.64. The number of esters is 1. The Balaban J connectivity index is 2.35. The molecule has 2 unspecified atom stereocenters. The fraction of sp³-hybridized carbons (Fsp3) is 0.444. The van der Waals surface area contributed by atoms with E-state index in [-0.39, 0.29) is 31.9 Å². The van der Waals surface area contributed by atoms with Crippen molar-refractivity contribution in [1.82, 2.24) is 16.0 Å². The molecule has 0 radical (unpaired) electrons. The molecule has 0 spiro atoms. The minimum Gasteiger partial charge on any atom is -0.508 e. The summed E-state index contributed by atoms with van der Waals surface area (Å²) in [6.45, 7) is 2.67. The Morgan fingerprint density at radius 1 is 1.07 bits per heavy atom. The number of amides is 3. The summed E-state index contributed by atoms with van der Waals surface area (Å²) >= 11 is 0. The van der Waals surface area contributed by atoms with Crippen LogP contribution >= 0.6 is 0 Å². The number of rotatable bonds is 10. The Hall–Kier alpha value is -3.14. The van der Waals surface area contributed by atoms with E-state index in [1.807, 2.05) is 0 Å². The Kier molecular flexibility index (Phi) is 9.44. The second-order valence-corrected chi connectivity index (χ2v) is 6.01. The first kappa shape index (κ1) is 22.9. The van der Waals surface area contributed by atoms with Crippen molar-refractivity contribution in [2.45, 2.75) is 32.4 Å². The van der Waals surface area contributed by atoms with Crippen LogP contribution in [-0.2, 0) is 30.3 Å². The SMILES string of the molecule is CCOC(=O)CNC(=O)CNC(=O)C(C)NC(=O)C(N)Cc1ccc(O)cc1. The van der Waals surface area contributed by atoms with E-state index in [9.17, 15) is 24.3 Å². The van der Waals surface area contributed by atoms with Crippen molar-refractivity contribution in [2.24, 2.45) is 5.73 Å². The highest BCUT2D eigenvalue weighted by molar-refractivity contribution is 5.92. The number of carbonyl (C=O) groups excluding carboxylic acids is 4. The van der Waals surface area contributed by atoms with Gasteiger partial charge in [0.15, 0.2) is 0 Å². The number of hydrogen-bond donors (Lipinski definition) is 5. The van der Waals surface area contributed by atoms with Crippen LogP contribution in [0, 0.1) is 0 Å². The maximum absolute atomic E-state index is 12.1. The average Bonchev–Trinajstić information content (AvgIpc) is 2.66. The molecular weight excluding hydrogens is 368 g/mol. The summed E-state index contributed by atoms with van der Waals surface area (Å²) in [5.41, 5.74) is 6.60. The lowest BCUT2D eigenvalue weighted by Crippen LogP contribution is -2.52. The number of ether oxygens (including phenoxy) is 1. The minimum absolute atomic E-state index is 0.110. The maximum Gasteiger partial charge on any atom is 0.325 e. The highest BCUT2D eigenvalue weighted by Gasteiger charge is 2.20. The molecule has 0 aliphatic rings. The van der Waals surface area contributed by atoms with E-state index in [1.165, 1.54) is 19.1 Å². The molecular formula is C18H26N4O6. The molecule has 0 aromatic heterocycles. The molecule has 1 aromatic rings. The van der Waals surface area contributed by atoms with Gasteiger partial charge in [-0.2, -0.15) is 0 Å². The molecule has 0 aliphatic heterocycles. The van der Waals surface area contributed by atoms with Crippen molar-refractivity contribution >= 4 is 23.7 Å². The van der Waals surface area contributed by atoms with Crippen molar-refractivity contribution in [3.8, 4) is 5.75 Å². The van der Waals surface area contributed by atoms with Crippen LogP contribution in [0.2, 0.25) is 0 Å². The van der Waals surface area contributed by atoms with E-state index < -0.39 is 35.8 Å². The smallest absolute Gasteiger partial charge is 0.325 e. The molecule has 28 heavy (non-hydrogen) atoms. The molecule has 0 saturated carbocycles. The standard InChI is InChI=1S/C18H26N4O6/c1-3-28-16(25)10-20-15(24)9-21-17(26)11(2)22-18(27)14(19)8-12-4-6-13(23)7-5-12/h4-7,11,14,23H,3,8-10,19H2,1-2H3,(H,20,24)(H,21,26)(H,22,27). The van der Waals surface area contributed by atoms with Gasteiger partial charge in [-0.1, -0.05) is 12.1 Å². The second kappa shape index (κ2) is 11.5. The predicted octanol–water partition coefficient (Wildman–Crippen LogP) is -1.44. The fourth-order valence-electron chi connectivity index (χ4n) is 2.13. The zero-order valence-electron chi connectivity index (χ0n) is 15.9. The fourth-order valence-corrected chi connectivity index (χ4v) is 2.13. The van der Waals surface area contributed by atoms with Gasteiger partial charge in [0.1, 0.15) is 18.3 Å². The van der Waals surface area contributed by atoms with Gasteiger partial charge in [0.2, 0.25) is 17.7 Å². The van der Waals surface area contributed by atoms with Crippen LogP contribution in [0.15, 0.2) is 24.3 Å². The monoisotopic (exact) mass is 394 g/mol. The van der Waals surface area contributed by atoms with Gasteiger partial charge >= 0.3 is 5.97 Å². The lowest BCUT2D eigenvalue weighted by Gasteiger charge is -2.17. The van der Waals surface area contributed by atoms with Gasteiger partial charge < -0.3 is 31.5 Å². The molecule has 1 aromatic carbocycles. The summed E-state index contributed by atoms with van der Waals surface area (Å²) in [4.78, 5) is 46.8. The Morgan fingerprint density at radius 2 is 1.71 bits per heavy atom. The van der Waals surface area contributed by atoms with Gasteiger partial charge in [-0.3, -0.25) is 19.2 Å². The molecule has 0 heterocycles. The average molecular weight is 394 g/mol. The molecule has 154 valence electrons. The number of hydrogen-bond acceptors (Lipinski definition) is 7. The number of phenols is 1. The third-order valence-corrected chi connectivity index (χ3v) is 3.64. The summed E-state index contributed by atoms with van der Waals surface area (Å²) in [6.07, 6.45) is 0.233. The molecule has 0 bridgehead atoms. The molecule has 0 saturated heterocycles. The number of benzene rings is 1. The van der Waals surface area contributed by atoms with E-state index in [2.05, 4.69) is 20.7 Å². The summed E-state index contributed by atoms with van der Waals surface area (Å²) in [7, 11) is 0. The zero-order valence-corrected chi connectivity index (χ0v) is 15.9. The van der Waals surface area contributed by atoms with Gasteiger partial charge in [-0.25, -0.2) is 0 Å². The first-order valence-corrected chi connectivity index (χ1v) is 8.76. The number of phenolic OH excluding ortho intramolecular Hbond substituents is 1. The van der Waals surface area contributed by atoms with Gasteiger partial charge in [0.05, 0.1) is 19.2 Å². The van der Waals surface area contributed by atoms with Gasteiger partial charge in [0, 0.05) is 0 Å². The number of nitrogens with two attached hydrogens (primary N) is 1. The number of nitrogens with one attached hydrogen (secondary N) is 3. The third kappa shape index (κ3) is 8.49. The Morgan fingerprint density at radius 3 is 2.32 bits per heavy atom. The number of aromatic hydroxyl groups is 1. The first-order valence-electron chi connectivity index (χ1n) is 8.76. The lowest BCUT2D eigenvalue weighted by atomic mass is 10.1. The first-order chi connectivity index (χ1) is 13.2. The molecule has 0 aliphatic carbocycles. The molecule has 3 amide bonds. The van der Waals surface area contributed by atoms with Crippen LogP contribution < -0.4 is 21.7 Å². The zero-order chi connectivity index (χ0) is 21.1. The highest BCUT2D eigenvalue weighted by atomic mass is 16.5. The van der Waals surface area contributed by atoms with Crippen LogP contribution in [0.5, 0.6) is 5.75 Å². The molecule has 0 fully saturated rings. The second-order valence-electron chi connectivity index (χ2n) is 6.01. The Bertz CT molecular complexity index is 692. The normalized spacial score (nSPS) is 12.4. The Labute approximate surface area is 162 Å². The molecule has 2 atom stereocenters. The van der Waals surface area contributed by atoms with Crippen LogP contribution in [0.4, 0.5) is 0 Å². The van der Waals surface area contributed by atoms with Crippen molar-refractivity contribution in [2.75, 3.05) is 19.7 Å². The molecule has 10 nitrogen and oxygen atoms in total. The molecule has 1 rings (SSSR count). The van der Waals surface area contributed by atoms with Crippen molar-refractivity contribution in [3.63, 3.8) is 0 Å². The van der Waals surface area contributed by atoms with Crippen LogP contribution in [-0.4, -0.2) is 60.6 Å². The van der Waals surface area contributed by atoms with Gasteiger partial charge in [-0.05, 0) is 38.0 Å². The van der Waals surface area contributed by atoms with E-state index in [4.69, 9.17) is 5.73 Å². The summed E-state index contributed by atoms with van der Waals surface area (Å²) in [5, 5.41) is 16.4. The lowest BCUT2D eigenvalue weighted by molar-refractivity contribution is -0.143. The van der Waals surface area contributed by atoms with Crippen LogP contribution in [0.3, 0.4) is 0 Å². The summed E-state index contributed by atoms with van der Waals surface area (Å²) in [6, 6.07) is 4.48. The van der Waals surface area contributed by atoms with Crippen molar-refractivity contribution < 1.29 is 29.0 Å². The highest BCUT2D eigenvalue weighted by Crippen LogP contribution is 2.10. The molecule has 6 N–H and O–H groups in total. The van der Waals surface area contributed by atoms with Crippen molar-refractivity contribution in [1.29, 1.82) is 0 Å². The van der Waals surface area contributed by atoms with E-state index in [0.29, 0.717) is 0 Å². The van der Waals surface area contributed by atoms with E-state index in [0.717, 1.165) is 5.56 Å². The van der Waals surface area contributed by atoms with Crippen molar-refractivity contribution in [3.05, 3.63) is 29.8 Å². The van der Waals surface area contributed by atoms with E-state index >= 15 is 0 Å². The maximum atomic E-state index is 12.1. The quantitative estimate of drug-likeness (QED) is 0.304. The van der Waals surface area contributed by atoms with E-state index in [1.54, 1.807) is 19.1 Å².